The zero-order valence-corrected chi connectivity index (χ0v) is 18.4. The van der Waals surface area contributed by atoms with E-state index in [4.69, 9.17) is 0 Å². The highest BCUT2D eigenvalue weighted by molar-refractivity contribution is 8.18. The Morgan fingerprint density at radius 1 is 1.30 bits per heavy atom. The predicted octanol–water partition coefficient (Wildman–Crippen LogP) is 5.17. The standard InChI is InChI=1S/C22H31FO2S2/c1-5-27-21(26-4)11-9-16-17-7-6-14-12-15(24)8-10-19(14,2)22(17,23)18(25)13-20(16,21)3/h8,10,12,16-18,25H,5-7,9,11,13H2,1-4H3/t16?,17?,18?,19?,20?,21-,22+/m1/s1. The van der Waals surface area contributed by atoms with Gasteiger partial charge in [-0.25, -0.2) is 4.39 Å². The minimum atomic E-state index is -1.69. The number of rotatable bonds is 3. The number of alkyl halides is 1. The van der Waals surface area contributed by atoms with Crippen LogP contribution in [0, 0.1) is 22.7 Å². The smallest absolute Gasteiger partial charge is 0.178 e. The molecule has 5 unspecified atom stereocenters. The fraction of sp³-hybridized carbons (Fsp3) is 0.773. The van der Waals surface area contributed by atoms with Crippen molar-refractivity contribution in [1.82, 2.24) is 0 Å². The van der Waals surface area contributed by atoms with Crippen molar-refractivity contribution < 1.29 is 14.3 Å². The van der Waals surface area contributed by atoms with Crippen LogP contribution in [0.2, 0.25) is 0 Å². The van der Waals surface area contributed by atoms with Gasteiger partial charge < -0.3 is 5.11 Å². The Labute approximate surface area is 170 Å². The van der Waals surface area contributed by atoms with E-state index < -0.39 is 17.2 Å². The summed E-state index contributed by atoms with van der Waals surface area (Å²) in [5.74, 6) is 1.11. The normalized spacial score (nSPS) is 51.4. The molecule has 0 aliphatic heterocycles. The van der Waals surface area contributed by atoms with Crippen LogP contribution in [0.15, 0.2) is 23.8 Å². The molecule has 27 heavy (non-hydrogen) atoms. The number of ketones is 1. The van der Waals surface area contributed by atoms with Crippen molar-refractivity contribution in [1.29, 1.82) is 0 Å². The molecule has 1 N–H and O–H groups in total. The Balaban J connectivity index is 1.80. The van der Waals surface area contributed by atoms with Gasteiger partial charge in [0.25, 0.3) is 0 Å². The molecule has 7 atom stereocenters. The van der Waals surface area contributed by atoms with Crippen molar-refractivity contribution in [3.05, 3.63) is 23.8 Å². The number of aliphatic hydroxyl groups excluding tert-OH is 1. The van der Waals surface area contributed by atoms with Crippen LogP contribution in [0.4, 0.5) is 4.39 Å². The molecule has 3 fully saturated rings. The molecular weight excluding hydrogens is 379 g/mol. The van der Waals surface area contributed by atoms with E-state index in [1.165, 1.54) is 6.08 Å². The predicted molar refractivity (Wildman–Crippen MR) is 113 cm³/mol. The van der Waals surface area contributed by atoms with Gasteiger partial charge in [0, 0.05) is 11.3 Å². The summed E-state index contributed by atoms with van der Waals surface area (Å²) in [5, 5.41) is 11.3. The highest BCUT2D eigenvalue weighted by Crippen LogP contribution is 2.73. The second-order valence-corrected chi connectivity index (χ2v) is 12.1. The number of allylic oxidation sites excluding steroid dienone is 4. The van der Waals surface area contributed by atoms with E-state index in [0.717, 1.165) is 37.0 Å². The molecule has 4 aliphatic carbocycles. The molecule has 0 amide bonds. The quantitative estimate of drug-likeness (QED) is 0.651. The number of carbonyl (C=O) groups is 1. The van der Waals surface area contributed by atoms with Crippen LogP contribution < -0.4 is 0 Å². The molecule has 0 aromatic rings. The molecule has 0 bridgehead atoms. The summed E-state index contributed by atoms with van der Waals surface area (Å²) in [4.78, 5) is 11.9. The first-order valence-electron chi connectivity index (χ1n) is 10.2. The Kier molecular flexibility index (Phi) is 4.72. The molecule has 4 rings (SSSR count). The average Bonchev–Trinajstić information content (AvgIpc) is 2.90. The molecule has 3 saturated carbocycles. The second kappa shape index (κ2) is 6.37. The van der Waals surface area contributed by atoms with Crippen molar-refractivity contribution in [2.75, 3.05) is 12.0 Å². The largest absolute Gasteiger partial charge is 0.390 e. The number of halogens is 1. The fourth-order valence-corrected chi connectivity index (χ4v) is 10.2. The van der Waals surface area contributed by atoms with Gasteiger partial charge in [-0.3, -0.25) is 4.79 Å². The molecule has 5 heteroatoms. The number of hydrogen-bond donors (Lipinski definition) is 1. The topological polar surface area (TPSA) is 37.3 Å². The maximum Gasteiger partial charge on any atom is 0.178 e. The van der Waals surface area contributed by atoms with Crippen LogP contribution in [-0.4, -0.2) is 38.8 Å². The van der Waals surface area contributed by atoms with Gasteiger partial charge in [0.1, 0.15) is 0 Å². The Bertz CT molecular complexity index is 721. The van der Waals surface area contributed by atoms with Crippen LogP contribution in [0.5, 0.6) is 0 Å². The summed E-state index contributed by atoms with van der Waals surface area (Å²) >= 11 is 3.90. The summed E-state index contributed by atoms with van der Waals surface area (Å²) in [6, 6.07) is 0. The van der Waals surface area contributed by atoms with E-state index in [2.05, 4.69) is 20.1 Å². The minimum Gasteiger partial charge on any atom is -0.390 e. The molecule has 150 valence electrons. The third-order valence-corrected chi connectivity index (χ3v) is 12.0. The van der Waals surface area contributed by atoms with E-state index in [-0.39, 0.29) is 27.1 Å². The summed E-state index contributed by atoms with van der Waals surface area (Å²) in [6.07, 6.45) is 10.2. The van der Waals surface area contributed by atoms with Gasteiger partial charge in [-0.05, 0) is 74.5 Å². The minimum absolute atomic E-state index is 0.0544. The van der Waals surface area contributed by atoms with Gasteiger partial charge in [0.15, 0.2) is 11.5 Å². The summed E-state index contributed by atoms with van der Waals surface area (Å²) in [7, 11) is 0. The zero-order chi connectivity index (χ0) is 19.7. The maximum atomic E-state index is 16.9. The monoisotopic (exact) mass is 410 g/mol. The van der Waals surface area contributed by atoms with Gasteiger partial charge in [0.05, 0.1) is 10.2 Å². The summed E-state index contributed by atoms with van der Waals surface area (Å²) in [6.45, 7) is 6.40. The Morgan fingerprint density at radius 2 is 2.04 bits per heavy atom. The maximum absolute atomic E-state index is 16.9. The number of thioether (sulfide) groups is 2. The van der Waals surface area contributed by atoms with Crippen LogP contribution in [0.25, 0.3) is 0 Å². The number of hydrogen-bond acceptors (Lipinski definition) is 4. The third kappa shape index (κ3) is 2.34. The molecule has 0 saturated heterocycles. The van der Waals surface area contributed by atoms with Crippen LogP contribution in [0.3, 0.4) is 0 Å². The molecule has 2 nitrogen and oxygen atoms in total. The molecular formula is C22H31FO2S2. The first-order valence-corrected chi connectivity index (χ1v) is 12.4. The lowest BCUT2D eigenvalue weighted by Gasteiger charge is -2.63. The highest BCUT2D eigenvalue weighted by Gasteiger charge is 2.72. The molecule has 0 aromatic carbocycles. The zero-order valence-electron chi connectivity index (χ0n) is 16.8. The van der Waals surface area contributed by atoms with Gasteiger partial charge in [-0.2, -0.15) is 0 Å². The van der Waals surface area contributed by atoms with Crippen molar-refractivity contribution in [2.24, 2.45) is 22.7 Å². The van der Waals surface area contributed by atoms with Crippen molar-refractivity contribution in [3.8, 4) is 0 Å². The van der Waals surface area contributed by atoms with Crippen LogP contribution >= 0.6 is 23.5 Å². The third-order valence-electron chi connectivity index (χ3n) is 8.39. The first kappa shape index (κ1) is 20.0. The van der Waals surface area contributed by atoms with Crippen molar-refractivity contribution >= 4 is 29.3 Å². The SMILES string of the molecule is CCS[C@]1(SC)CCC2C3CCC4=CC(=O)C=CC4(C)[C@@]3(F)C(O)CC21C. The molecule has 0 aromatic heterocycles. The first-order chi connectivity index (χ1) is 12.7. The van der Waals surface area contributed by atoms with Crippen molar-refractivity contribution in [2.45, 2.75) is 68.7 Å². The number of carbonyl (C=O) groups excluding carboxylic acids is 1. The lowest BCUT2D eigenvalue weighted by molar-refractivity contribution is -0.189. The van der Waals surface area contributed by atoms with Crippen LogP contribution in [-0.2, 0) is 4.79 Å². The molecule has 0 radical (unpaired) electrons. The molecule has 0 heterocycles. The van der Waals surface area contributed by atoms with Crippen molar-refractivity contribution in [3.63, 3.8) is 0 Å². The van der Waals surface area contributed by atoms with Crippen LogP contribution in [0.1, 0.15) is 52.9 Å². The number of aliphatic hydroxyl groups is 1. The summed E-state index contributed by atoms with van der Waals surface area (Å²) in [5.41, 5.74) is -1.76. The molecule has 0 spiro atoms. The lowest BCUT2D eigenvalue weighted by atomic mass is 9.46. The van der Waals surface area contributed by atoms with E-state index >= 15 is 4.39 Å². The fourth-order valence-electron chi connectivity index (χ4n) is 7.02. The van der Waals surface area contributed by atoms with Gasteiger partial charge in [-0.15, -0.1) is 23.5 Å². The number of fused-ring (bicyclic) bond motifs is 5. The van der Waals surface area contributed by atoms with E-state index in [1.807, 2.05) is 30.4 Å². The van der Waals surface area contributed by atoms with E-state index in [9.17, 15) is 9.90 Å². The van der Waals surface area contributed by atoms with E-state index in [1.54, 1.807) is 12.2 Å². The molecule has 4 aliphatic rings. The Hall–Kier alpha value is -0.260. The van der Waals surface area contributed by atoms with E-state index in [0.29, 0.717) is 6.42 Å². The van der Waals surface area contributed by atoms with Gasteiger partial charge in [0.2, 0.25) is 0 Å². The highest BCUT2D eigenvalue weighted by atomic mass is 32.2. The Morgan fingerprint density at radius 3 is 2.70 bits per heavy atom. The van der Waals surface area contributed by atoms with Gasteiger partial charge in [-0.1, -0.05) is 25.5 Å². The van der Waals surface area contributed by atoms with Gasteiger partial charge >= 0.3 is 0 Å². The average molecular weight is 411 g/mol. The second-order valence-electron chi connectivity index (χ2n) is 9.19. The lowest BCUT2D eigenvalue weighted by Crippen LogP contribution is -2.67. The summed E-state index contributed by atoms with van der Waals surface area (Å²) < 4.78 is 17.0.